The van der Waals surface area contributed by atoms with E-state index in [0.717, 1.165) is 61.9 Å². The van der Waals surface area contributed by atoms with Gasteiger partial charge in [0.15, 0.2) is 5.82 Å². The second-order valence-electron chi connectivity index (χ2n) is 7.98. The minimum Gasteiger partial charge on any atom is -0.390 e. The summed E-state index contributed by atoms with van der Waals surface area (Å²) in [6.07, 6.45) is 6.56. The molecule has 144 valence electrons. The van der Waals surface area contributed by atoms with Crippen molar-refractivity contribution in [1.29, 1.82) is 0 Å². The second-order valence-corrected chi connectivity index (χ2v) is 7.98. The van der Waals surface area contributed by atoms with Gasteiger partial charge in [0.2, 0.25) is 0 Å². The van der Waals surface area contributed by atoms with E-state index in [1.807, 2.05) is 6.92 Å². The van der Waals surface area contributed by atoms with Crippen LogP contribution in [0, 0.1) is 5.92 Å². The van der Waals surface area contributed by atoms with E-state index in [1.54, 1.807) is 0 Å². The van der Waals surface area contributed by atoms with Crippen LogP contribution in [0.15, 0.2) is 11.1 Å². The Morgan fingerprint density at radius 2 is 2.23 bits per heavy atom. The SMILES string of the molecule is CCCNc1nc(C2=CCC(C)(O)CC2)[nH]c1C1=NC(C(C)CC)CN1. The van der Waals surface area contributed by atoms with Gasteiger partial charge in [0.05, 0.1) is 11.6 Å². The zero-order valence-corrected chi connectivity index (χ0v) is 16.5. The van der Waals surface area contributed by atoms with Gasteiger partial charge in [-0.3, -0.25) is 4.99 Å². The molecule has 0 bridgehead atoms. The molecule has 3 unspecified atom stereocenters. The summed E-state index contributed by atoms with van der Waals surface area (Å²) >= 11 is 0. The average molecular weight is 360 g/mol. The summed E-state index contributed by atoms with van der Waals surface area (Å²) in [6.45, 7) is 10.3. The molecule has 4 N–H and O–H groups in total. The van der Waals surface area contributed by atoms with E-state index in [9.17, 15) is 5.11 Å². The maximum Gasteiger partial charge on any atom is 0.156 e. The van der Waals surface area contributed by atoms with Crippen LogP contribution in [-0.4, -0.2) is 45.6 Å². The predicted molar refractivity (Wildman–Crippen MR) is 108 cm³/mol. The fourth-order valence-corrected chi connectivity index (χ4v) is 3.45. The Kier molecular flexibility index (Phi) is 5.70. The highest BCUT2D eigenvalue weighted by Gasteiger charge is 2.28. The second kappa shape index (κ2) is 7.82. The Balaban J connectivity index is 1.87. The number of anilines is 1. The summed E-state index contributed by atoms with van der Waals surface area (Å²) < 4.78 is 0. The van der Waals surface area contributed by atoms with Crippen molar-refractivity contribution in [2.75, 3.05) is 18.4 Å². The number of nitrogens with one attached hydrogen (secondary N) is 3. The van der Waals surface area contributed by atoms with Gasteiger partial charge in [-0.1, -0.05) is 33.3 Å². The highest BCUT2D eigenvalue weighted by atomic mass is 16.3. The molecule has 0 aromatic carbocycles. The van der Waals surface area contributed by atoms with E-state index in [4.69, 9.17) is 9.98 Å². The largest absolute Gasteiger partial charge is 0.390 e. The third kappa shape index (κ3) is 4.11. The van der Waals surface area contributed by atoms with Crippen molar-refractivity contribution >= 4 is 17.2 Å². The number of amidine groups is 1. The van der Waals surface area contributed by atoms with Crippen LogP contribution < -0.4 is 10.6 Å². The molecule has 6 nitrogen and oxygen atoms in total. The number of imidazole rings is 1. The van der Waals surface area contributed by atoms with Crippen LogP contribution in [0.25, 0.3) is 5.57 Å². The van der Waals surface area contributed by atoms with Crippen molar-refractivity contribution < 1.29 is 5.11 Å². The first-order chi connectivity index (χ1) is 12.4. The van der Waals surface area contributed by atoms with E-state index in [1.165, 1.54) is 5.57 Å². The van der Waals surface area contributed by atoms with Crippen LogP contribution in [0.3, 0.4) is 0 Å². The normalized spacial score (nSPS) is 26.9. The summed E-state index contributed by atoms with van der Waals surface area (Å²) in [4.78, 5) is 13.2. The molecule has 1 aromatic heterocycles. The van der Waals surface area contributed by atoms with Crippen LogP contribution in [-0.2, 0) is 0 Å². The van der Waals surface area contributed by atoms with Gasteiger partial charge >= 0.3 is 0 Å². The maximum absolute atomic E-state index is 10.2. The lowest BCUT2D eigenvalue weighted by molar-refractivity contribution is 0.0523. The van der Waals surface area contributed by atoms with Gasteiger partial charge in [-0.15, -0.1) is 0 Å². The number of hydrogen-bond acceptors (Lipinski definition) is 5. The molecule has 0 fully saturated rings. The molecule has 3 rings (SSSR count). The molecule has 1 aliphatic heterocycles. The van der Waals surface area contributed by atoms with Crippen LogP contribution in [0.5, 0.6) is 0 Å². The zero-order valence-electron chi connectivity index (χ0n) is 16.5. The van der Waals surface area contributed by atoms with Gasteiger partial charge in [-0.05, 0) is 44.1 Å². The molecule has 0 amide bonds. The van der Waals surface area contributed by atoms with Gasteiger partial charge in [-0.2, -0.15) is 0 Å². The Labute approximate surface area is 156 Å². The molecule has 1 aromatic rings. The minimum absolute atomic E-state index is 0.324. The standard InChI is InChI=1S/C20H33N5O/c1-5-11-21-18-16(19-22-12-15(23-19)13(3)6-2)24-17(25-18)14-7-9-20(4,26)10-8-14/h7,13,15,21,26H,5-6,8-12H2,1-4H3,(H,22,23)(H,24,25). The molecule has 2 heterocycles. The molecule has 1 aliphatic carbocycles. The molecular formula is C20H33N5O. The number of nitrogens with zero attached hydrogens (tertiary/aromatic N) is 2. The first-order valence-electron chi connectivity index (χ1n) is 10.0. The van der Waals surface area contributed by atoms with E-state index in [0.29, 0.717) is 18.4 Å². The fourth-order valence-electron chi connectivity index (χ4n) is 3.45. The van der Waals surface area contributed by atoms with Crippen molar-refractivity contribution in [3.63, 3.8) is 0 Å². The summed E-state index contributed by atoms with van der Waals surface area (Å²) in [6, 6.07) is 0.324. The van der Waals surface area contributed by atoms with E-state index < -0.39 is 5.60 Å². The summed E-state index contributed by atoms with van der Waals surface area (Å²) in [5, 5.41) is 17.1. The monoisotopic (exact) mass is 359 g/mol. The number of aromatic nitrogens is 2. The first kappa shape index (κ1) is 19.0. The van der Waals surface area contributed by atoms with Gasteiger partial charge in [0.1, 0.15) is 17.4 Å². The summed E-state index contributed by atoms with van der Waals surface area (Å²) in [5.41, 5.74) is 1.54. The van der Waals surface area contributed by atoms with Gasteiger partial charge in [0, 0.05) is 13.1 Å². The van der Waals surface area contributed by atoms with Gasteiger partial charge < -0.3 is 20.7 Å². The zero-order chi connectivity index (χ0) is 18.7. The Morgan fingerprint density at radius 3 is 2.88 bits per heavy atom. The Hall–Kier alpha value is -1.82. The molecule has 0 saturated carbocycles. The molecule has 3 atom stereocenters. The molecule has 0 spiro atoms. The fraction of sp³-hybridized carbons (Fsp3) is 0.700. The maximum atomic E-state index is 10.2. The van der Waals surface area contributed by atoms with Crippen molar-refractivity contribution in [3.8, 4) is 0 Å². The summed E-state index contributed by atoms with van der Waals surface area (Å²) in [5.74, 6) is 3.25. The lowest BCUT2D eigenvalue weighted by Crippen LogP contribution is -2.26. The average Bonchev–Trinajstić information content (AvgIpc) is 3.26. The van der Waals surface area contributed by atoms with Crippen molar-refractivity contribution in [1.82, 2.24) is 15.3 Å². The molecule has 0 saturated heterocycles. The van der Waals surface area contributed by atoms with Crippen molar-refractivity contribution in [2.24, 2.45) is 10.9 Å². The smallest absolute Gasteiger partial charge is 0.156 e. The molecule has 26 heavy (non-hydrogen) atoms. The number of allylic oxidation sites excluding steroid dienone is 1. The van der Waals surface area contributed by atoms with Gasteiger partial charge in [-0.25, -0.2) is 4.98 Å². The highest BCUT2D eigenvalue weighted by Crippen LogP contribution is 2.32. The third-order valence-electron chi connectivity index (χ3n) is 5.58. The molecule has 6 heteroatoms. The Morgan fingerprint density at radius 1 is 1.42 bits per heavy atom. The first-order valence-corrected chi connectivity index (χ1v) is 10.0. The van der Waals surface area contributed by atoms with Crippen molar-refractivity contribution in [3.05, 3.63) is 17.6 Å². The number of H-pyrrole nitrogens is 1. The van der Waals surface area contributed by atoms with Crippen LogP contribution in [0.1, 0.15) is 71.3 Å². The number of aliphatic hydroxyl groups is 1. The van der Waals surface area contributed by atoms with Crippen LogP contribution >= 0.6 is 0 Å². The van der Waals surface area contributed by atoms with E-state index >= 15 is 0 Å². The van der Waals surface area contributed by atoms with Gasteiger partial charge in [0.25, 0.3) is 0 Å². The highest BCUT2D eigenvalue weighted by molar-refractivity contribution is 6.02. The Bertz CT molecular complexity index is 688. The minimum atomic E-state index is -0.594. The van der Waals surface area contributed by atoms with Crippen LogP contribution in [0.2, 0.25) is 0 Å². The van der Waals surface area contributed by atoms with E-state index in [2.05, 4.69) is 42.5 Å². The number of rotatable bonds is 7. The topological polar surface area (TPSA) is 85.3 Å². The predicted octanol–water partition coefficient (Wildman–Crippen LogP) is 3.31. The number of aromatic amines is 1. The number of aliphatic imine (C=N–C) groups is 1. The molecule has 2 aliphatic rings. The number of hydrogen-bond donors (Lipinski definition) is 4. The molecular weight excluding hydrogens is 326 g/mol. The van der Waals surface area contributed by atoms with E-state index in [-0.39, 0.29) is 0 Å². The van der Waals surface area contributed by atoms with Crippen molar-refractivity contribution in [2.45, 2.75) is 71.4 Å². The molecule has 0 radical (unpaired) electrons. The quantitative estimate of drug-likeness (QED) is 0.602. The van der Waals surface area contributed by atoms with Crippen LogP contribution in [0.4, 0.5) is 5.82 Å². The lowest BCUT2D eigenvalue weighted by Gasteiger charge is -2.26. The lowest BCUT2D eigenvalue weighted by atomic mass is 9.87. The third-order valence-corrected chi connectivity index (χ3v) is 5.58. The summed E-state index contributed by atoms with van der Waals surface area (Å²) in [7, 11) is 0.